The maximum atomic E-state index is 12.3. The SMILES string of the molecule is CC1(C)C(O)[C@@]1(O)[C@@H](O)[C@H](OCc1cccc(I)c1)[C@@]1(O)C(=O)C1(C)C. The number of carbonyl (C=O) groups is 1. The number of rotatable bonds is 6. The first-order chi connectivity index (χ1) is 11.8. The largest absolute Gasteiger partial charge is 0.389 e. The minimum absolute atomic E-state index is 0.0524. The topological polar surface area (TPSA) is 107 Å². The highest BCUT2D eigenvalue weighted by Crippen LogP contribution is 2.62. The van der Waals surface area contributed by atoms with Crippen molar-refractivity contribution >= 4 is 28.4 Å². The first kappa shape index (κ1) is 20.2. The molecule has 2 saturated carbocycles. The Hall–Kier alpha value is -0.580. The number of hydrogen-bond donors (Lipinski definition) is 4. The van der Waals surface area contributed by atoms with Crippen molar-refractivity contribution in [1.29, 1.82) is 0 Å². The van der Waals surface area contributed by atoms with Crippen LogP contribution in [-0.4, -0.2) is 55.7 Å². The zero-order valence-electron chi connectivity index (χ0n) is 15.2. The van der Waals surface area contributed by atoms with Gasteiger partial charge in [-0.3, -0.25) is 4.79 Å². The predicted octanol–water partition coefficient (Wildman–Crippen LogP) is 1.01. The lowest BCUT2D eigenvalue weighted by molar-refractivity contribution is -0.176. The molecule has 4 N–H and O–H groups in total. The van der Waals surface area contributed by atoms with Crippen LogP contribution in [0.3, 0.4) is 0 Å². The molecule has 0 radical (unpaired) electrons. The van der Waals surface area contributed by atoms with Crippen LogP contribution in [0.1, 0.15) is 33.3 Å². The Kier molecular flexibility index (Phi) is 4.62. The number of hydrogen-bond acceptors (Lipinski definition) is 6. The van der Waals surface area contributed by atoms with Crippen molar-refractivity contribution in [2.24, 2.45) is 10.8 Å². The highest BCUT2D eigenvalue weighted by atomic mass is 127. The Morgan fingerprint density at radius 3 is 2.19 bits per heavy atom. The second-order valence-electron chi connectivity index (χ2n) is 8.48. The number of ether oxygens (including phenoxy) is 1. The molecule has 0 bridgehead atoms. The third-order valence-corrected chi connectivity index (χ3v) is 6.99. The molecule has 1 unspecified atom stereocenters. The van der Waals surface area contributed by atoms with E-state index in [-0.39, 0.29) is 6.61 Å². The molecule has 2 aliphatic rings. The maximum absolute atomic E-state index is 12.3. The van der Waals surface area contributed by atoms with Crippen molar-refractivity contribution in [3.05, 3.63) is 33.4 Å². The van der Waals surface area contributed by atoms with Gasteiger partial charge in [-0.05, 0) is 54.1 Å². The second-order valence-corrected chi connectivity index (χ2v) is 9.72. The van der Waals surface area contributed by atoms with Gasteiger partial charge in [0, 0.05) is 8.99 Å². The average Bonchev–Trinajstić information content (AvgIpc) is 3.16. The van der Waals surface area contributed by atoms with Gasteiger partial charge in [0.2, 0.25) is 0 Å². The maximum Gasteiger partial charge on any atom is 0.177 e. The highest BCUT2D eigenvalue weighted by molar-refractivity contribution is 14.1. The van der Waals surface area contributed by atoms with E-state index in [4.69, 9.17) is 4.74 Å². The molecule has 6 nitrogen and oxygen atoms in total. The summed E-state index contributed by atoms with van der Waals surface area (Å²) in [7, 11) is 0. The quantitative estimate of drug-likeness (QED) is 0.457. The molecule has 2 aliphatic carbocycles. The zero-order chi connectivity index (χ0) is 19.7. The summed E-state index contributed by atoms with van der Waals surface area (Å²) in [5.74, 6) is -0.451. The van der Waals surface area contributed by atoms with E-state index in [1.165, 1.54) is 0 Å². The molecule has 0 saturated heterocycles. The Morgan fingerprint density at radius 2 is 1.77 bits per heavy atom. The third-order valence-electron chi connectivity index (χ3n) is 6.32. The average molecular weight is 476 g/mol. The van der Waals surface area contributed by atoms with Gasteiger partial charge in [0.05, 0.1) is 18.1 Å². The molecule has 7 heteroatoms. The Bertz CT molecular complexity index is 747. The molecular weight excluding hydrogens is 451 g/mol. The lowest BCUT2D eigenvalue weighted by atomic mass is 9.90. The van der Waals surface area contributed by atoms with Crippen molar-refractivity contribution in [3.8, 4) is 0 Å². The number of halogens is 1. The van der Waals surface area contributed by atoms with Crippen molar-refractivity contribution < 1.29 is 30.0 Å². The van der Waals surface area contributed by atoms with Crippen LogP contribution >= 0.6 is 22.6 Å². The molecule has 1 aromatic rings. The fraction of sp³-hybridized carbons (Fsp3) is 0.632. The first-order valence-electron chi connectivity index (χ1n) is 8.54. The number of carbonyl (C=O) groups excluding carboxylic acids is 1. The number of benzene rings is 1. The molecule has 0 heterocycles. The minimum atomic E-state index is -1.91. The van der Waals surface area contributed by atoms with Gasteiger partial charge in [0.15, 0.2) is 11.4 Å². The van der Waals surface area contributed by atoms with Crippen LogP contribution in [-0.2, 0) is 16.1 Å². The normalized spacial score (nSPS) is 36.5. The Labute approximate surface area is 166 Å². The molecule has 0 aliphatic heterocycles. The van der Waals surface area contributed by atoms with E-state index in [0.29, 0.717) is 0 Å². The number of aliphatic hydroxyl groups is 4. The van der Waals surface area contributed by atoms with E-state index < -0.39 is 46.1 Å². The van der Waals surface area contributed by atoms with E-state index in [2.05, 4.69) is 22.6 Å². The molecule has 5 atom stereocenters. The van der Waals surface area contributed by atoms with Gasteiger partial charge in [-0.25, -0.2) is 0 Å². The summed E-state index contributed by atoms with van der Waals surface area (Å²) in [5.41, 5.74) is -5.01. The van der Waals surface area contributed by atoms with E-state index in [0.717, 1.165) is 9.13 Å². The van der Waals surface area contributed by atoms with Crippen molar-refractivity contribution in [2.45, 2.75) is 63.8 Å². The summed E-state index contributed by atoms with van der Waals surface area (Å²) in [5, 5.41) is 42.6. The monoisotopic (exact) mass is 476 g/mol. The summed E-state index contributed by atoms with van der Waals surface area (Å²) >= 11 is 2.16. The van der Waals surface area contributed by atoms with Gasteiger partial charge in [0.25, 0.3) is 0 Å². The molecule has 3 rings (SSSR count). The molecule has 0 amide bonds. The highest BCUT2D eigenvalue weighted by Gasteiger charge is 2.82. The summed E-state index contributed by atoms with van der Waals surface area (Å²) in [6.07, 6.45) is -4.15. The zero-order valence-corrected chi connectivity index (χ0v) is 17.4. The Morgan fingerprint density at radius 1 is 1.23 bits per heavy atom. The van der Waals surface area contributed by atoms with Crippen LogP contribution in [0.15, 0.2) is 24.3 Å². The summed E-state index contributed by atoms with van der Waals surface area (Å²) in [4.78, 5) is 12.3. The van der Waals surface area contributed by atoms with E-state index in [9.17, 15) is 25.2 Å². The number of Topliss-reactive ketones (excluding diaryl/α,β-unsaturated/α-hetero) is 1. The lowest BCUT2D eigenvalue weighted by Crippen LogP contribution is -2.53. The van der Waals surface area contributed by atoms with Crippen LogP contribution in [0.5, 0.6) is 0 Å². The molecule has 2 fully saturated rings. The van der Waals surface area contributed by atoms with Crippen molar-refractivity contribution in [2.75, 3.05) is 0 Å². The van der Waals surface area contributed by atoms with Crippen molar-refractivity contribution in [1.82, 2.24) is 0 Å². The fourth-order valence-electron chi connectivity index (χ4n) is 3.88. The summed E-state index contributed by atoms with van der Waals surface area (Å²) < 4.78 is 6.79. The lowest BCUT2D eigenvalue weighted by Gasteiger charge is -2.33. The Balaban J connectivity index is 1.88. The molecule has 144 valence electrons. The smallest absolute Gasteiger partial charge is 0.177 e. The standard InChI is InChI=1S/C19H25IO6/c1-16(2)14(22)18(16,24)12(21)13(19(25)15(23)17(19,3)4)26-9-10-6-5-7-11(20)8-10/h5-8,12-14,21-22,24-25H,9H2,1-4H3/t12-,13-,14?,18-,19+/m0/s1. The van der Waals surface area contributed by atoms with Gasteiger partial charge in [-0.2, -0.15) is 0 Å². The van der Waals surface area contributed by atoms with Crippen LogP contribution in [0.25, 0.3) is 0 Å². The van der Waals surface area contributed by atoms with Crippen molar-refractivity contribution in [3.63, 3.8) is 0 Å². The number of aliphatic hydroxyl groups excluding tert-OH is 2. The third kappa shape index (κ3) is 2.51. The van der Waals surface area contributed by atoms with Gasteiger partial charge in [-0.1, -0.05) is 26.0 Å². The first-order valence-corrected chi connectivity index (χ1v) is 9.62. The van der Waals surface area contributed by atoms with Gasteiger partial charge < -0.3 is 25.2 Å². The van der Waals surface area contributed by atoms with E-state index >= 15 is 0 Å². The van der Waals surface area contributed by atoms with Crippen LogP contribution in [0.2, 0.25) is 0 Å². The van der Waals surface area contributed by atoms with Crippen LogP contribution in [0, 0.1) is 14.4 Å². The predicted molar refractivity (Wildman–Crippen MR) is 102 cm³/mol. The second kappa shape index (κ2) is 5.96. The van der Waals surface area contributed by atoms with Crippen LogP contribution < -0.4 is 0 Å². The summed E-state index contributed by atoms with van der Waals surface area (Å²) in [6, 6.07) is 7.50. The minimum Gasteiger partial charge on any atom is -0.389 e. The fourth-order valence-corrected chi connectivity index (χ4v) is 4.49. The molecule has 1 aromatic carbocycles. The van der Waals surface area contributed by atoms with Gasteiger partial charge >= 0.3 is 0 Å². The van der Waals surface area contributed by atoms with Gasteiger partial charge in [0.1, 0.15) is 17.8 Å². The molecule has 0 aromatic heterocycles. The molecule has 0 spiro atoms. The summed E-state index contributed by atoms with van der Waals surface area (Å²) in [6.45, 7) is 6.42. The molecular formula is C19H25IO6. The van der Waals surface area contributed by atoms with E-state index in [1.807, 2.05) is 24.3 Å². The number of ketones is 1. The molecule has 26 heavy (non-hydrogen) atoms. The van der Waals surface area contributed by atoms with Gasteiger partial charge in [-0.15, -0.1) is 0 Å². The van der Waals surface area contributed by atoms with E-state index in [1.54, 1.807) is 27.7 Å². The van der Waals surface area contributed by atoms with Crippen LogP contribution in [0.4, 0.5) is 0 Å².